The fourth-order valence-electron chi connectivity index (χ4n) is 1.81. The second-order valence-electron chi connectivity index (χ2n) is 4.13. The summed E-state index contributed by atoms with van der Waals surface area (Å²) in [5, 5.41) is 9.85. The van der Waals surface area contributed by atoms with Crippen molar-refractivity contribution in [3.8, 4) is 6.07 Å². The molecular formula is C16H11BrClN. The topological polar surface area (TPSA) is 23.8 Å². The molecule has 0 spiro atoms. The highest BCUT2D eigenvalue weighted by molar-refractivity contribution is 9.10. The summed E-state index contributed by atoms with van der Waals surface area (Å²) in [7, 11) is 0. The Morgan fingerprint density at radius 1 is 1.16 bits per heavy atom. The number of hydrogen-bond donors (Lipinski definition) is 0. The Labute approximate surface area is 126 Å². The number of nitrogens with zero attached hydrogens (tertiary/aromatic N) is 1. The lowest BCUT2D eigenvalue weighted by Gasteiger charge is -2.08. The molecule has 0 aromatic heterocycles. The predicted octanol–water partition coefficient (Wildman–Crippen LogP) is 5.39. The van der Waals surface area contributed by atoms with Gasteiger partial charge in [0.1, 0.15) is 6.07 Å². The number of hydrogen-bond acceptors (Lipinski definition) is 1. The molecule has 0 heterocycles. The Bertz CT molecular complexity index is 669. The number of halogens is 2. The molecule has 0 aliphatic heterocycles. The monoisotopic (exact) mass is 331 g/mol. The third-order valence-electron chi connectivity index (χ3n) is 2.83. The molecule has 1 nitrogen and oxygen atoms in total. The van der Waals surface area contributed by atoms with E-state index < -0.39 is 0 Å². The van der Waals surface area contributed by atoms with Gasteiger partial charge in [0.2, 0.25) is 0 Å². The van der Waals surface area contributed by atoms with Crippen LogP contribution < -0.4 is 0 Å². The standard InChI is InChI=1S/C16H11BrClN/c1-11-7-8-13(17)9-14(11)16(18)15(10-19)12-5-3-2-4-6-12/h2-9H,1H3. The lowest BCUT2D eigenvalue weighted by Crippen LogP contribution is -1.89. The zero-order chi connectivity index (χ0) is 13.8. The quantitative estimate of drug-likeness (QED) is 0.534. The van der Waals surface area contributed by atoms with Crippen molar-refractivity contribution in [3.63, 3.8) is 0 Å². The van der Waals surface area contributed by atoms with E-state index in [1.54, 1.807) is 0 Å². The van der Waals surface area contributed by atoms with Crippen LogP contribution in [0.25, 0.3) is 10.6 Å². The maximum absolute atomic E-state index is 9.37. The normalized spacial score (nSPS) is 11.7. The van der Waals surface area contributed by atoms with Gasteiger partial charge >= 0.3 is 0 Å². The number of rotatable bonds is 2. The summed E-state index contributed by atoms with van der Waals surface area (Å²) in [6.45, 7) is 1.98. The Morgan fingerprint density at radius 3 is 2.47 bits per heavy atom. The van der Waals surface area contributed by atoms with E-state index in [-0.39, 0.29) is 0 Å². The summed E-state index contributed by atoms with van der Waals surface area (Å²) in [5.74, 6) is 0. The maximum atomic E-state index is 9.37. The average molecular weight is 333 g/mol. The van der Waals surface area contributed by atoms with E-state index >= 15 is 0 Å². The molecule has 0 saturated carbocycles. The van der Waals surface area contributed by atoms with Gasteiger partial charge in [-0.1, -0.05) is 63.9 Å². The molecule has 0 bridgehead atoms. The van der Waals surface area contributed by atoms with Gasteiger partial charge in [-0.05, 0) is 35.7 Å². The van der Waals surface area contributed by atoms with E-state index in [9.17, 15) is 5.26 Å². The van der Waals surface area contributed by atoms with Gasteiger partial charge in [0.05, 0.1) is 10.6 Å². The van der Waals surface area contributed by atoms with Gasteiger partial charge < -0.3 is 0 Å². The van der Waals surface area contributed by atoms with Gasteiger partial charge in [-0.25, -0.2) is 0 Å². The number of allylic oxidation sites excluding steroid dienone is 1. The van der Waals surface area contributed by atoms with Crippen LogP contribution in [0.5, 0.6) is 0 Å². The summed E-state index contributed by atoms with van der Waals surface area (Å²) >= 11 is 9.85. The zero-order valence-corrected chi connectivity index (χ0v) is 12.7. The fraction of sp³-hybridized carbons (Fsp3) is 0.0625. The van der Waals surface area contributed by atoms with Gasteiger partial charge in [-0.3, -0.25) is 0 Å². The zero-order valence-electron chi connectivity index (χ0n) is 10.3. The molecule has 0 atom stereocenters. The first-order valence-electron chi connectivity index (χ1n) is 5.75. The van der Waals surface area contributed by atoms with Crippen molar-refractivity contribution in [2.75, 3.05) is 0 Å². The van der Waals surface area contributed by atoms with Crippen LogP contribution in [-0.4, -0.2) is 0 Å². The Hall–Kier alpha value is -1.56. The van der Waals surface area contributed by atoms with Crippen LogP contribution in [0.15, 0.2) is 53.0 Å². The SMILES string of the molecule is Cc1ccc(Br)cc1C(Cl)=C(C#N)c1ccccc1. The Morgan fingerprint density at radius 2 is 1.84 bits per heavy atom. The number of benzene rings is 2. The van der Waals surface area contributed by atoms with Gasteiger partial charge in [-0.15, -0.1) is 0 Å². The van der Waals surface area contributed by atoms with E-state index in [1.807, 2.05) is 55.5 Å². The van der Waals surface area contributed by atoms with Crippen LogP contribution >= 0.6 is 27.5 Å². The third-order valence-corrected chi connectivity index (χ3v) is 3.72. The second-order valence-corrected chi connectivity index (χ2v) is 5.42. The summed E-state index contributed by atoms with van der Waals surface area (Å²) in [6.07, 6.45) is 0. The lowest BCUT2D eigenvalue weighted by molar-refractivity contribution is 1.42. The van der Waals surface area contributed by atoms with E-state index in [1.165, 1.54) is 0 Å². The highest BCUT2D eigenvalue weighted by Crippen LogP contribution is 2.32. The van der Waals surface area contributed by atoms with Crippen LogP contribution in [0.4, 0.5) is 0 Å². The minimum atomic E-state index is 0.479. The molecule has 2 aromatic rings. The van der Waals surface area contributed by atoms with Crippen LogP contribution in [0.3, 0.4) is 0 Å². The summed E-state index contributed by atoms with van der Waals surface area (Å²) in [4.78, 5) is 0. The van der Waals surface area contributed by atoms with E-state index in [2.05, 4.69) is 22.0 Å². The van der Waals surface area contributed by atoms with Gasteiger partial charge in [-0.2, -0.15) is 5.26 Å². The molecule has 0 aliphatic rings. The van der Waals surface area contributed by atoms with E-state index in [0.29, 0.717) is 10.6 Å². The Kier molecular flexibility index (Phi) is 4.42. The first-order chi connectivity index (χ1) is 9.13. The number of nitriles is 1. The van der Waals surface area contributed by atoms with E-state index in [0.717, 1.165) is 21.2 Å². The smallest absolute Gasteiger partial charge is 0.101 e. The minimum absolute atomic E-state index is 0.479. The molecule has 0 aliphatic carbocycles. The lowest BCUT2D eigenvalue weighted by atomic mass is 10.0. The van der Waals surface area contributed by atoms with Crippen LogP contribution in [0, 0.1) is 18.3 Å². The molecule has 0 unspecified atom stereocenters. The molecule has 0 fully saturated rings. The highest BCUT2D eigenvalue weighted by Gasteiger charge is 2.11. The largest absolute Gasteiger partial charge is 0.192 e. The summed E-state index contributed by atoms with van der Waals surface area (Å²) in [5.41, 5.74) is 3.23. The highest BCUT2D eigenvalue weighted by atomic mass is 79.9. The van der Waals surface area contributed by atoms with Gasteiger partial charge in [0.25, 0.3) is 0 Å². The first kappa shape index (κ1) is 13.9. The molecule has 94 valence electrons. The van der Waals surface area contributed by atoms with Crippen LogP contribution in [-0.2, 0) is 0 Å². The van der Waals surface area contributed by atoms with Crippen molar-refractivity contribution in [3.05, 3.63) is 69.7 Å². The molecule has 0 saturated heterocycles. The molecule has 2 rings (SSSR count). The van der Waals surface area contributed by atoms with Crippen molar-refractivity contribution >= 4 is 38.1 Å². The molecule has 2 aromatic carbocycles. The average Bonchev–Trinajstić information content (AvgIpc) is 2.43. The molecule has 0 radical (unpaired) electrons. The number of aryl methyl sites for hydroxylation is 1. The summed E-state index contributed by atoms with van der Waals surface area (Å²) in [6, 6.07) is 17.5. The van der Waals surface area contributed by atoms with Gasteiger partial charge in [0.15, 0.2) is 0 Å². The van der Waals surface area contributed by atoms with Crippen LogP contribution in [0.1, 0.15) is 16.7 Å². The van der Waals surface area contributed by atoms with Crippen molar-refractivity contribution in [2.45, 2.75) is 6.92 Å². The van der Waals surface area contributed by atoms with Crippen molar-refractivity contribution < 1.29 is 0 Å². The summed E-state index contributed by atoms with van der Waals surface area (Å²) < 4.78 is 0.941. The Balaban J connectivity index is 2.62. The molecule has 3 heteroatoms. The van der Waals surface area contributed by atoms with Gasteiger partial charge in [0, 0.05) is 4.47 Å². The maximum Gasteiger partial charge on any atom is 0.101 e. The van der Waals surface area contributed by atoms with Crippen molar-refractivity contribution in [2.24, 2.45) is 0 Å². The second kappa shape index (κ2) is 6.06. The third kappa shape index (κ3) is 3.07. The minimum Gasteiger partial charge on any atom is -0.192 e. The molecule has 0 N–H and O–H groups in total. The molecular weight excluding hydrogens is 322 g/mol. The fourth-order valence-corrected chi connectivity index (χ4v) is 2.53. The van der Waals surface area contributed by atoms with E-state index in [4.69, 9.17) is 11.6 Å². The molecule has 19 heavy (non-hydrogen) atoms. The molecule has 0 amide bonds. The van der Waals surface area contributed by atoms with Crippen molar-refractivity contribution in [1.29, 1.82) is 5.26 Å². The van der Waals surface area contributed by atoms with Crippen LogP contribution in [0.2, 0.25) is 0 Å². The predicted molar refractivity (Wildman–Crippen MR) is 83.6 cm³/mol. The first-order valence-corrected chi connectivity index (χ1v) is 6.92. The van der Waals surface area contributed by atoms with Crippen molar-refractivity contribution in [1.82, 2.24) is 0 Å².